The molecular weight excluding hydrogens is 987 g/mol. The van der Waals surface area contributed by atoms with E-state index >= 15 is 4.39 Å². The van der Waals surface area contributed by atoms with Gasteiger partial charge in [-0.1, -0.05) is 6.58 Å². The molecule has 4 aromatic heterocycles. The summed E-state index contributed by atoms with van der Waals surface area (Å²) in [6, 6.07) is 12.1. The number of halogens is 4. The number of carbonyl (C=O) groups excluding carboxylic acids is 4. The third-order valence-corrected chi connectivity index (χ3v) is 13.8. The fourth-order valence-corrected chi connectivity index (χ4v) is 9.53. The quantitative estimate of drug-likeness (QED) is 0.119. The van der Waals surface area contributed by atoms with Crippen LogP contribution in [0.25, 0.3) is 5.57 Å². The summed E-state index contributed by atoms with van der Waals surface area (Å²) in [5.74, 6) is -1.30. The van der Waals surface area contributed by atoms with Crippen molar-refractivity contribution in [2.24, 2.45) is 17.8 Å². The molecule has 4 saturated heterocycles. The Hall–Kier alpha value is -6.54. The predicted octanol–water partition coefficient (Wildman–Crippen LogP) is 9.41. The number of piperidine rings is 4. The van der Waals surface area contributed by atoms with E-state index in [0.717, 1.165) is 23.5 Å². The SMILES string of the molecule is C=C(c1ccc(F)cn1)C1CCN(C(=O)C2(F)CCN(Cc3ccnc(N)c3)CC2)CC1.CC(C)(C)OC(=O)N1CCC(C(=O)c2ccc(F)cn2)CC1.CC(C)(C)OC(=O)N1CCC(C(O)c2ccc(F)cn2)CC1. The van der Waals surface area contributed by atoms with Gasteiger partial charge in [0.15, 0.2) is 11.5 Å². The van der Waals surface area contributed by atoms with E-state index < -0.39 is 40.5 Å². The molecule has 76 heavy (non-hydrogen) atoms. The predicted molar refractivity (Wildman–Crippen MR) is 278 cm³/mol. The number of Topliss-reactive ketones (excluding diaryl/α,β-unsaturated/α-hetero) is 1. The van der Waals surface area contributed by atoms with Crippen LogP contribution in [0, 0.1) is 35.2 Å². The number of amides is 3. The highest BCUT2D eigenvalue weighted by Crippen LogP contribution is 2.35. The Morgan fingerprint density at radius 1 is 0.671 bits per heavy atom. The van der Waals surface area contributed by atoms with Crippen molar-refractivity contribution in [3.05, 3.63) is 120 Å². The zero-order chi connectivity index (χ0) is 55.4. The molecule has 412 valence electrons. The Morgan fingerprint density at radius 2 is 1.14 bits per heavy atom. The summed E-state index contributed by atoms with van der Waals surface area (Å²) in [5.41, 5.74) is 6.18. The first-order valence-corrected chi connectivity index (χ1v) is 26.0. The fourth-order valence-electron chi connectivity index (χ4n) is 9.53. The molecule has 4 aromatic rings. The van der Waals surface area contributed by atoms with Crippen LogP contribution in [0.4, 0.5) is 33.0 Å². The number of hydrogen-bond acceptors (Lipinski definition) is 13. The topological polar surface area (TPSA) is 198 Å². The number of rotatable bonds is 9. The minimum Gasteiger partial charge on any atom is -0.444 e. The number of alkyl halides is 1. The maximum absolute atomic E-state index is 15.6. The lowest BCUT2D eigenvalue weighted by molar-refractivity contribution is -0.148. The number of aliphatic hydroxyl groups is 1. The number of allylic oxidation sites excluding steroid dienone is 1. The second kappa shape index (κ2) is 26.0. The maximum Gasteiger partial charge on any atom is 0.410 e. The Bertz CT molecular complexity index is 2570. The summed E-state index contributed by atoms with van der Waals surface area (Å²) in [7, 11) is 0. The van der Waals surface area contributed by atoms with Crippen LogP contribution in [0.2, 0.25) is 0 Å². The van der Waals surface area contributed by atoms with Gasteiger partial charge in [-0.25, -0.2) is 32.1 Å². The molecule has 3 N–H and O–H groups in total. The van der Waals surface area contributed by atoms with Crippen LogP contribution in [0.1, 0.15) is 126 Å². The lowest BCUT2D eigenvalue weighted by Crippen LogP contribution is -2.53. The molecule has 4 aliphatic rings. The minimum absolute atomic E-state index is 0.0108. The van der Waals surface area contributed by atoms with Crippen molar-refractivity contribution in [2.45, 2.75) is 122 Å². The average Bonchev–Trinajstić information content (AvgIpc) is 3.39. The number of anilines is 1. The first-order chi connectivity index (χ1) is 35.9. The van der Waals surface area contributed by atoms with Gasteiger partial charge in [0.25, 0.3) is 5.91 Å². The van der Waals surface area contributed by atoms with Gasteiger partial charge in [-0.15, -0.1) is 0 Å². The highest BCUT2D eigenvalue weighted by molar-refractivity contribution is 5.96. The van der Waals surface area contributed by atoms with E-state index in [4.69, 9.17) is 15.2 Å². The summed E-state index contributed by atoms with van der Waals surface area (Å²) >= 11 is 0. The van der Waals surface area contributed by atoms with Crippen molar-refractivity contribution in [3.8, 4) is 0 Å². The van der Waals surface area contributed by atoms with E-state index in [0.29, 0.717) is 115 Å². The van der Waals surface area contributed by atoms with Gasteiger partial charge in [0.1, 0.15) is 40.2 Å². The number of aromatic nitrogens is 4. The van der Waals surface area contributed by atoms with Crippen molar-refractivity contribution in [3.63, 3.8) is 0 Å². The van der Waals surface area contributed by atoms with Gasteiger partial charge in [-0.05, 0) is 152 Å². The number of nitrogen functional groups attached to an aromatic ring is 1. The van der Waals surface area contributed by atoms with Crippen LogP contribution in [0.15, 0.2) is 79.9 Å². The number of aliphatic hydroxyl groups excluding tert-OH is 1. The smallest absolute Gasteiger partial charge is 0.410 e. The minimum atomic E-state index is -1.81. The van der Waals surface area contributed by atoms with Crippen molar-refractivity contribution in [2.75, 3.05) is 58.1 Å². The largest absolute Gasteiger partial charge is 0.444 e. The zero-order valence-corrected chi connectivity index (χ0v) is 44.5. The molecule has 0 aromatic carbocycles. The number of nitrogens with two attached hydrogens (primary N) is 1. The lowest BCUT2D eigenvalue weighted by Gasteiger charge is -2.40. The first-order valence-electron chi connectivity index (χ1n) is 26.0. The summed E-state index contributed by atoms with van der Waals surface area (Å²) in [4.78, 5) is 72.2. The number of ketones is 1. The lowest BCUT2D eigenvalue weighted by atomic mass is 9.86. The van der Waals surface area contributed by atoms with E-state index in [2.05, 4.69) is 31.4 Å². The highest BCUT2D eigenvalue weighted by atomic mass is 19.1. The number of ether oxygens (including phenoxy) is 2. The van der Waals surface area contributed by atoms with Crippen LogP contribution in [-0.2, 0) is 20.8 Å². The Morgan fingerprint density at radius 3 is 1.62 bits per heavy atom. The van der Waals surface area contributed by atoms with Crippen molar-refractivity contribution in [1.29, 1.82) is 0 Å². The van der Waals surface area contributed by atoms with Gasteiger partial charge < -0.3 is 35.0 Å². The van der Waals surface area contributed by atoms with Crippen molar-refractivity contribution < 1.29 is 51.3 Å². The van der Waals surface area contributed by atoms with E-state index in [1.807, 2.05) is 53.7 Å². The van der Waals surface area contributed by atoms with Crippen LogP contribution in [-0.4, -0.2) is 138 Å². The molecule has 0 bridgehead atoms. The standard InChI is InChI=1S/C24H29F2N5O.C16H23FN2O3.C16H21FN2O3/c1-17(21-3-2-20(25)15-29-21)19-5-10-31(11-6-19)23(32)24(26)7-12-30(13-8-24)16-18-4-9-28-22(27)14-18;2*1-16(2,3)22-15(21)19-8-6-11(7-9-19)14(20)13-5-4-12(17)10-18-13/h2-4,9,14-15,19H,1,5-8,10-13,16H2,(H2,27,28);4-5,10-11,14,20H,6-9H2,1-3H3;4-5,10-11H,6-9H2,1-3H3. The number of pyridine rings is 4. The maximum atomic E-state index is 15.6. The van der Waals surface area contributed by atoms with E-state index in [9.17, 15) is 37.5 Å². The summed E-state index contributed by atoms with van der Waals surface area (Å²) in [5, 5.41) is 10.3. The van der Waals surface area contributed by atoms with Gasteiger partial charge in [0.05, 0.1) is 36.1 Å². The number of carbonyl (C=O) groups is 4. The van der Waals surface area contributed by atoms with Crippen LogP contribution >= 0.6 is 0 Å². The number of nitrogens with zero attached hydrogens (tertiary/aromatic N) is 8. The molecule has 3 amide bonds. The van der Waals surface area contributed by atoms with E-state index in [1.54, 1.807) is 27.0 Å². The molecule has 4 aliphatic heterocycles. The normalized spacial score (nSPS) is 18.3. The molecule has 4 fully saturated rings. The highest BCUT2D eigenvalue weighted by Gasteiger charge is 2.45. The zero-order valence-electron chi connectivity index (χ0n) is 44.5. The van der Waals surface area contributed by atoms with E-state index in [-0.39, 0.29) is 60.1 Å². The number of likely N-dealkylation sites (tertiary alicyclic amines) is 4. The molecule has 8 heterocycles. The Labute approximate surface area is 443 Å². The Balaban J connectivity index is 0.000000191. The van der Waals surface area contributed by atoms with Gasteiger partial charge in [0.2, 0.25) is 0 Å². The van der Waals surface area contributed by atoms with Gasteiger partial charge in [-0.2, -0.15) is 0 Å². The first kappa shape index (κ1) is 58.7. The number of hydrogen-bond donors (Lipinski definition) is 2. The Kier molecular flexibility index (Phi) is 20.1. The third-order valence-electron chi connectivity index (χ3n) is 13.8. The molecule has 16 nitrogen and oxygen atoms in total. The van der Waals surface area contributed by atoms with Crippen LogP contribution in [0.5, 0.6) is 0 Å². The molecule has 20 heteroatoms. The second-order valence-electron chi connectivity index (χ2n) is 21.9. The third kappa shape index (κ3) is 17.2. The van der Waals surface area contributed by atoms with E-state index in [1.165, 1.54) is 36.5 Å². The van der Waals surface area contributed by atoms with Crippen molar-refractivity contribution >= 4 is 35.3 Å². The van der Waals surface area contributed by atoms with Gasteiger partial charge in [-0.3, -0.25) is 29.4 Å². The van der Waals surface area contributed by atoms with Gasteiger partial charge in [0, 0.05) is 83.9 Å². The average molecular weight is 1060 g/mol. The van der Waals surface area contributed by atoms with Crippen molar-refractivity contribution in [1.82, 2.24) is 39.5 Å². The molecule has 8 rings (SSSR count). The van der Waals surface area contributed by atoms with Crippen LogP contribution in [0.3, 0.4) is 0 Å². The second-order valence-corrected chi connectivity index (χ2v) is 21.9. The summed E-state index contributed by atoms with van der Waals surface area (Å²) in [6.07, 6.45) is 7.86. The summed E-state index contributed by atoms with van der Waals surface area (Å²) in [6.45, 7) is 19.8. The fraction of sp³-hybridized carbons (Fsp3) is 0.536. The molecule has 1 atom stereocenters. The van der Waals surface area contributed by atoms with Crippen LogP contribution < -0.4 is 5.73 Å². The molecule has 0 radical (unpaired) electrons. The molecule has 1 unspecified atom stereocenters. The monoisotopic (exact) mass is 1060 g/mol. The molecule has 0 saturated carbocycles. The van der Waals surface area contributed by atoms with Gasteiger partial charge >= 0.3 is 12.2 Å². The molecule has 0 spiro atoms. The summed E-state index contributed by atoms with van der Waals surface area (Å²) < 4.78 is 65.0. The molecular formula is C56H73F4N9O7. The molecule has 0 aliphatic carbocycles.